The van der Waals surface area contributed by atoms with Crippen LogP contribution in [0.25, 0.3) is 0 Å². The summed E-state index contributed by atoms with van der Waals surface area (Å²) in [5, 5.41) is 11.3. The summed E-state index contributed by atoms with van der Waals surface area (Å²) in [7, 11) is 0. The van der Waals surface area contributed by atoms with E-state index in [4.69, 9.17) is 39.9 Å². The number of carboxylic acids is 1. The average molecular weight is 357 g/mol. The lowest BCUT2D eigenvalue weighted by Gasteiger charge is -2.19. The highest BCUT2D eigenvalue weighted by molar-refractivity contribution is 6.66. The first-order valence-electron chi connectivity index (χ1n) is 5.94. The number of hydrogen-bond acceptors (Lipinski definition) is 2. The molecular formula is C13H13Cl3FNO3. The van der Waals surface area contributed by atoms with Crippen LogP contribution in [0.3, 0.4) is 0 Å². The Morgan fingerprint density at radius 2 is 1.86 bits per heavy atom. The predicted molar refractivity (Wildman–Crippen MR) is 79.4 cm³/mol. The molecule has 1 amide bonds. The van der Waals surface area contributed by atoms with Gasteiger partial charge in [0.25, 0.3) is 5.91 Å². The molecule has 21 heavy (non-hydrogen) atoms. The number of carbonyl (C=O) groups excluding carboxylic acids is 1. The molecule has 1 aromatic rings. The van der Waals surface area contributed by atoms with Crippen molar-refractivity contribution in [3.63, 3.8) is 0 Å². The van der Waals surface area contributed by atoms with E-state index in [1.807, 2.05) is 0 Å². The molecule has 0 saturated carbocycles. The molecule has 4 nitrogen and oxygen atoms in total. The maximum atomic E-state index is 13.7. The second-order valence-corrected chi connectivity index (χ2v) is 7.01. The highest BCUT2D eigenvalue weighted by Gasteiger charge is 2.28. The molecule has 0 saturated heterocycles. The van der Waals surface area contributed by atoms with Crippen molar-refractivity contribution >= 4 is 46.7 Å². The number of nitrogens with one attached hydrogen (secondary N) is 1. The molecule has 0 spiro atoms. The van der Waals surface area contributed by atoms with Gasteiger partial charge in [0.15, 0.2) is 0 Å². The van der Waals surface area contributed by atoms with Crippen LogP contribution in [0, 0.1) is 11.7 Å². The monoisotopic (exact) mass is 355 g/mol. The van der Waals surface area contributed by atoms with Crippen molar-refractivity contribution in [1.29, 1.82) is 0 Å². The minimum atomic E-state index is -1.81. The van der Waals surface area contributed by atoms with Gasteiger partial charge < -0.3 is 10.4 Å². The standard InChI is InChI=1S/C13H13Cl3FNO3/c1-6(2)10(12(20)21)18-11(19)8-5-7(13(14,15)16)3-4-9(8)17/h3-6,10H,1-2H3,(H,18,19)(H,20,21)/t10-/m1/s1. The van der Waals surface area contributed by atoms with Gasteiger partial charge in [-0.05, 0) is 18.1 Å². The van der Waals surface area contributed by atoms with E-state index < -0.39 is 27.5 Å². The number of aliphatic carboxylic acids is 1. The van der Waals surface area contributed by atoms with Crippen LogP contribution in [-0.4, -0.2) is 23.0 Å². The third-order valence-electron chi connectivity index (χ3n) is 2.76. The van der Waals surface area contributed by atoms with Crippen LogP contribution >= 0.6 is 34.8 Å². The summed E-state index contributed by atoms with van der Waals surface area (Å²) in [6.45, 7) is 3.24. The van der Waals surface area contributed by atoms with Gasteiger partial charge >= 0.3 is 5.97 Å². The van der Waals surface area contributed by atoms with Crippen molar-refractivity contribution in [2.24, 2.45) is 5.92 Å². The topological polar surface area (TPSA) is 66.4 Å². The van der Waals surface area contributed by atoms with E-state index in [1.165, 1.54) is 6.07 Å². The van der Waals surface area contributed by atoms with Crippen molar-refractivity contribution in [1.82, 2.24) is 5.32 Å². The van der Waals surface area contributed by atoms with Gasteiger partial charge in [0, 0.05) is 5.56 Å². The van der Waals surface area contributed by atoms with E-state index in [9.17, 15) is 14.0 Å². The van der Waals surface area contributed by atoms with Crippen LogP contribution < -0.4 is 5.32 Å². The van der Waals surface area contributed by atoms with Crippen molar-refractivity contribution < 1.29 is 19.1 Å². The molecular weight excluding hydrogens is 344 g/mol. The summed E-state index contributed by atoms with van der Waals surface area (Å²) >= 11 is 17.0. The zero-order valence-electron chi connectivity index (χ0n) is 11.2. The van der Waals surface area contributed by atoms with Gasteiger partial charge in [-0.15, -0.1) is 0 Å². The van der Waals surface area contributed by atoms with E-state index in [0.717, 1.165) is 12.1 Å². The Morgan fingerprint density at radius 3 is 2.29 bits per heavy atom. The van der Waals surface area contributed by atoms with Crippen molar-refractivity contribution in [3.8, 4) is 0 Å². The Hall–Kier alpha value is -1.04. The summed E-state index contributed by atoms with van der Waals surface area (Å²) < 4.78 is 11.9. The molecule has 0 radical (unpaired) electrons. The van der Waals surface area contributed by atoms with E-state index in [0.29, 0.717) is 0 Å². The fourth-order valence-electron chi connectivity index (χ4n) is 1.61. The Balaban J connectivity index is 3.10. The Bertz CT molecular complexity index is 558. The maximum absolute atomic E-state index is 13.7. The van der Waals surface area contributed by atoms with E-state index >= 15 is 0 Å². The van der Waals surface area contributed by atoms with Crippen molar-refractivity contribution in [2.45, 2.75) is 23.7 Å². The van der Waals surface area contributed by atoms with Crippen LogP contribution in [0.4, 0.5) is 4.39 Å². The Labute approximate surface area is 136 Å². The Kier molecular flexibility index (Phi) is 5.84. The summed E-state index contributed by atoms with van der Waals surface area (Å²) in [5.41, 5.74) is -0.277. The molecule has 0 heterocycles. The molecule has 0 unspecified atom stereocenters. The second kappa shape index (κ2) is 6.81. The highest BCUT2D eigenvalue weighted by atomic mass is 35.6. The van der Waals surface area contributed by atoms with Crippen LogP contribution in [0.2, 0.25) is 0 Å². The number of carbonyl (C=O) groups is 2. The summed E-state index contributed by atoms with van der Waals surface area (Å²) in [6, 6.07) is 2.15. The summed E-state index contributed by atoms with van der Waals surface area (Å²) in [6.07, 6.45) is 0. The molecule has 1 aromatic carbocycles. The molecule has 0 aromatic heterocycles. The molecule has 1 atom stereocenters. The fraction of sp³-hybridized carbons (Fsp3) is 0.385. The maximum Gasteiger partial charge on any atom is 0.326 e. The predicted octanol–water partition coefficient (Wildman–Crippen LogP) is 3.49. The van der Waals surface area contributed by atoms with Gasteiger partial charge in [-0.1, -0.05) is 54.7 Å². The number of benzene rings is 1. The quantitative estimate of drug-likeness (QED) is 0.812. The molecule has 0 aliphatic rings. The van der Waals surface area contributed by atoms with Gasteiger partial charge in [-0.25, -0.2) is 9.18 Å². The first kappa shape index (κ1) is 18.0. The number of alkyl halides is 3. The molecule has 0 fully saturated rings. The molecule has 8 heteroatoms. The lowest BCUT2D eigenvalue weighted by Crippen LogP contribution is -2.44. The second-order valence-electron chi connectivity index (χ2n) is 4.73. The lowest BCUT2D eigenvalue weighted by molar-refractivity contribution is -0.140. The minimum Gasteiger partial charge on any atom is -0.480 e. The average Bonchev–Trinajstić information content (AvgIpc) is 2.33. The highest BCUT2D eigenvalue weighted by Crippen LogP contribution is 2.38. The minimum absolute atomic E-state index is 0.107. The van der Waals surface area contributed by atoms with E-state index in [-0.39, 0.29) is 17.0 Å². The van der Waals surface area contributed by atoms with E-state index in [2.05, 4.69) is 5.32 Å². The van der Waals surface area contributed by atoms with Crippen LogP contribution in [0.15, 0.2) is 18.2 Å². The number of hydrogen-bond donors (Lipinski definition) is 2. The fourth-order valence-corrected chi connectivity index (χ4v) is 1.96. The summed E-state index contributed by atoms with van der Waals surface area (Å²) in [5.74, 6) is -3.30. The number of halogens is 4. The molecule has 116 valence electrons. The zero-order chi connectivity index (χ0) is 16.4. The summed E-state index contributed by atoms with van der Waals surface area (Å²) in [4.78, 5) is 23.1. The molecule has 0 bridgehead atoms. The SMILES string of the molecule is CC(C)[C@@H](NC(=O)c1cc(C(Cl)(Cl)Cl)ccc1F)C(=O)O. The Morgan fingerprint density at radius 1 is 1.29 bits per heavy atom. The third-order valence-corrected chi connectivity index (χ3v) is 3.41. The first-order chi connectivity index (χ1) is 9.54. The van der Waals surface area contributed by atoms with Crippen LogP contribution in [0.1, 0.15) is 29.8 Å². The zero-order valence-corrected chi connectivity index (χ0v) is 13.4. The molecule has 0 aliphatic carbocycles. The molecule has 2 N–H and O–H groups in total. The van der Waals surface area contributed by atoms with Gasteiger partial charge in [-0.3, -0.25) is 4.79 Å². The molecule has 0 aliphatic heterocycles. The van der Waals surface area contributed by atoms with E-state index in [1.54, 1.807) is 13.8 Å². The number of amides is 1. The van der Waals surface area contributed by atoms with Gasteiger partial charge in [-0.2, -0.15) is 0 Å². The van der Waals surface area contributed by atoms with Crippen molar-refractivity contribution in [2.75, 3.05) is 0 Å². The number of rotatable bonds is 4. The smallest absolute Gasteiger partial charge is 0.326 e. The lowest BCUT2D eigenvalue weighted by atomic mass is 10.0. The number of carboxylic acid groups (broad SMARTS) is 1. The van der Waals surface area contributed by atoms with Gasteiger partial charge in [0.2, 0.25) is 3.79 Å². The van der Waals surface area contributed by atoms with Crippen molar-refractivity contribution in [3.05, 3.63) is 35.1 Å². The van der Waals surface area contributed by atoms with Gasteiger partial charge in [0.1, 0.15) is 11.9 Å². The third kappa shape index (κ3) is 4.73. The van der Waals surface area contributed by atoms with Gasteiger partial charge in [0.05, 0.1) is 5.56 Å². The largest absolute Gasteiger partial charge is 0.480 e. The molecule has 1 rings (SSSR count). The van der Waals surface area contributed by atoms with Crippen LogP contribution in [-0.2, 0) is 8.59 Å². The first-order valence-corrected chi connectivity index (χ1v) is 7.08. The van der Waals surface area contributed by atoms with Crippen LogP contribution in [0.5, 0.6) is 0 Å². The normalized spacial score (nSPS) is 13.1.